The van der Waals surface area contributed by atoms with E-state index in [1.54, 1.807) is 0 Å². The number of aryl methyl sites for hydroxylation is 2. The summed E-state index contributed by atoms with van der Waals surface area (Å²) in [6, 6.07) is 12.2. The summed E-state index contributed by atoms with van der Waals surface area (Å²) in [4.78, 5) is 25.8. The van der Waals surface area contributed by atoms with Gasteiger partial charge in [0.2, 0.25) is 0 Å². The van der Waals surface area contributed by atoms with E-state index in [9.17, 15) is 9.59 Å². The lowest BCUT2D eigenvalue weighted by Crippen LogP contribution is -2.70. The fraction of sp³-hybridized carbons (Fsp3) is 0.659. The molecular formula is C41H71N4O4+3. The zero-order valence-electron chi connectivity index (χ0n) is 33.2. The van der Waals surface area contributed by atoms with Crippen LogP contribution in [0.15, 0.2) is 36.4 Å². The lowest BCUT2D eigenvalue weighted by molar-refractivity contribution is -1.10. The quantitative estimate of drug-likeness (QED) is 0.0481. The summed E-state index contributed by atoms with van der Waals surface area (Å²) in [5, 5.41) is 0. The molecule has 0 radical (unpaired) electrons. The minimum atomic E-state index is -0.253. The van der Waals surface area contributed by atoms with Crippen molar-refractivity contribution in [1.82, 2.24) is 0 Å². The van der Waals surface area contributed by atoms with Crippen molar-refractivity contribution in [2.45, 2.75) is 111 Å². The number of unbranched alkanes of at least 4 members (excludes halogenated alkanes) is 7. The molecule has 2 aromatic carbocycles. The van der Waals surface area contributed by atoms with Crippen LogP contribution >= 0.6 is 0 Å². The Morgan fingerprint density at radius 3 is 1.41 bits per heavy atom. The molecule has 0 aliphatic heterocycles. The highest BCUT2D eigenvalue weighted by atomic mass is 16.5. The molecule has 0 heterocycles. The lowest BCUT2D eigenvalue weighted by atomic mass is 10.0. The van der Waals surface area contributed by atoms with E-state index in [1.807, 2.05) is 46.1 Å². The number of carbonyl (C=O) groups excluding carboxylic acids is 2. The maximum atomic E-state index is 13.0. The Hall–Kier alpha value is -2.78. The van der Waals surface area contributed by atoms with Gasteiger partial charge in [-0.3, -0.25) is 8.97 Å². The molecule has 0 fully saturated rings. The van der Waals surface area contributed by atoms with E-state index in [-0.39, 0.29) is 30.7 Å². The standard InChI is InChI=1S/C41H71N4O4/c1-31(2)35-23-21-33(5)27-37(35)48-39(46)29-43(7,8)25-19-17-15-13-14-16-18-20-26-44(9,10)41(42)45(11,12)30-40(47)49-38-28-34(6)22-24-36(38)32(3)4/h21-24,27-28,31-32,41H,13-20,25-26,29-30,42H2,1-12H3/q+3. The minimum absolute atomic E-state index is 0.163. The van der Waals surface area contributed by atoms with Crippen LogP contribution in [0.3, 0.4) is 0 Å². The molecule has 276 valence electrons. The zero-order valence-corrected chi connectivity index (χ0v) is 33.2. The van der Waals surface area contributed by atoms with Crippen LogP contribution in [0.5, 0.6) is 11.5 Å². The highest BCUT2D eigenvalue weighted by Gasteiger charge is 2.40. The average Bonchev–Trinajstić information content (AvgIpc) is 2.96. The largest absolute Gasteiger partial charge is 0.422 e. The van der Waals surface area contributed by atoms with Gasteiger partial charge in [-0.15, -0.1) is 0 Å². The Morgan fingerprint density at radius 2 is 0.980 bits per heavy atom. The van der Waals surface area contributed by atoms with E-state index in [0.717, 1.165) is 48.2 Å². The summed E-state index contributed by atoms with van der Waals surface area (Å²) < 4.78 is 13.4. The van der Waals surface area contributed by atoms with E-state index in [0.29, 0.717) is 37.4 Å². The van der Waals surface area contributed by atoms with Gasteiger partial charge in [-0.1, -0.05) is 77.6 Å². The Balaban J connectivity index is 1.65. The molecule has 8 heteroatoms. The number of esters is 2. The SMILES string of the molecule is Cc1ccc(C(C)C)c(OC(=O)C[N+](C)(C)CCCCCCCCCC[N+](C)(C)C(N)[N+](C)(C)CC(=O)Oc2cc(C)ccc2C(C)C)c1. The van der Waals surface area contributed by atoms with Gasteiger partial charge in [0.1, 0.15) is 11.5 Å². The van der Waals surface area contributed by atoms with Crippen molar-refractivity contribution in [3.63, 3.8) is 0 Å². The van der Waals surface area contributed by atoms with Gasteiger partial charge in [0.15, 0.2) is 13.1 Å². The molecule has 8 nitrogen and oxygen atoms in total. The lowest BCUT2D eigenvalue weighted by Gasteiger charge is -2.43. The van der Waals surface area contributed by atoms with Gasteiger partial charge in [-0.2, -0.15) is 0 Å². The van der Waals surface area contributed by atoms with Crippen LogP contribution in [0.2, 0.25) is 0 Å². The molecule has 0 aliphatic carbocycles. The number of hydrogen-bond acceptors (Lipinski definition) is 5. The fourth-order valence-electron chi connectivity index (χ4n) is 6.68. The first-order valence-electron chi connectivity index (χ1n) is 18.6. The predicted octanol–water partition coefficient (Wildman–Crippen LogP) is 7.65. The third-order valence-corrected chi connectivity index (χ3v) is 9.80. The number of quaternary nitrogens is 3. The number of ether oxygens (including phenoxy) is 2. The molecule has 49 heavy (non-hydrogen) atoms. The number of benzene rings is 2. The molecule has 2 rings (SSSR count). The number of nitrogens with two attached hydrogens (primary N) is 1. The van der Waals surface area contributed by atoms with Crippen LogP contribution in [-0.2, 0) is 9.59 Å². The summed E-state index contributed by atoms with van der Waals surface area (Å²) in [5.41, 5.74) is 11.1. The number of nitrogens with zero attached hydrogens (tertiary/aromatic N) is 3. The zero-order chi connectivity index (χ0) is 37.0. The first kappa shape index (κ1) is 42.4. The van der Waals surface area contributed by atoms with Crippen molar-refractivity contribution in [3.8, 4) is 11.5 Å². The molecule has 1 unspecified atom stereocenters. The van der Waals surface area contributed by atoms with E-state index in [1.165, 1.54) is 38.5 Å². The van der Waals surface area contributed by atoms with E-state index in [4.69, 9.17) is 15.2 Å². The number of likely N-dealkylation sites (N-methyl/N-ethyl adjacent to an activating group) is 2. The monoisotopic (exact) mass is 684 g/mol. The van der Waals surface area contributed by atoms with Crippen LogP contribution in [0.25, 0.3) is 0 Å². The minimum Gasteiger partial charge on any atom is -0.422 e. The van der Waals surface area contributed by atoms with Crippen molar-refractivity contribution in [2.75, 3.05) is 68.5 Å². The Kier molecular flexibility index (Phi) is 16.4. The van der Waals surface area contributed by atoms with E-state index in [2.05, 4.69) is 74.1 Å². The van der Waals surface area contributed by atoms with Gasteiger partial charge < -0.3 is 14.0 Å². The molecule has 0 spiro atoms. The highest BCUT2D eigenvalue weighted by Crippen LogP contribution is 2.29. The molecular weight excluding hydrogens is 612 g/mol. The van der Waals surface area contributed by atoms with Crippen LogP contribution in [0.4, 0.5) is 0 Å². The van der Waals surface area contributed by atoms with Gasteiger partial charge in [0.25, 0.3) is 6.29 Å². The summed E-state index contributed by atoms with van der Waals surface area (Å²) in [5.74, 6) is 1.51. The van der Waals surface area contributed by atoms with Gasteiger partial charge in [0.05, 0.1) is 55.4 Å². The first-order chi connectivity index (χ1) is 22.7. The van der Waals surface area contributed by atoms with Crippen molar-refractivity contribution < 1.29 is 32.5 Å². The van der Waals surface area contributed by atoms with Crippen LogP contribution in [0, 0.1) is 13.8 Å². The predicted molar refractivity (Wildman–Crippen MR) is 203 cm³/mol. The average molecular weight is 684 g/mol. The topological polar surface area (TPSA) is 78.6 Å². The summed E-state index contributed by atoms with van der Waals surface area (Å²) in [6.07, 6.45) is 9.25. The first-order valence-corrected chi connectivity index (χ1v) is 18.6. The molecule has 0 bridgehead atoms. The van der Waals surface area contributed by atoms with Crippen LogP contribution < -0.4 is 15.2 Å². The molecule has 0 saturated carbocycles. The van der Waals surface area contributed by atoms with E-state index >= 15 is 0 Å². The Morgan fingerprint density at radius 1 is 0.592 bits per heavy atom. The van der Waals surface area contributed by atoms with Crippen molar-refractivity contribution in [3.05, 3.63) is 58.7 Å². The second-order valence-electron chi connectivity index (χ2n) is 16.8. The van der Waals surface area contributed by atoms with Crippen molar-refractivity contribution in [2.24, 2.45) is 5.73 Å². The maximum Gasteiger partial charge on any atom is 0.367 e. The normalized spacial score (nSPS) is 13.2. The number of hydrogen-bond donors (Lipinski definition) is 1. The molecule has 0 aliphatic rings. The highest BCUT2D eigenvalue weighted by molar-refractivity contribution is 5.74. The fourth-order valence-corrected chi connectivity index (χ4v) is 6.68. The third-order valence-electron chi connectivity index (χ3n) is 9.80. The van der Waals surface area contributed by atoms with Crippen LogP contribution in [-0.4, -0.2) is 100 Å². The van der Waals surface area contributed by atoms with Gasteiger partial charge in [-0.25, -0.2) is 15.3 Å². The number of rotatable bonds is 21. The summed E-state index contributed by atoms with van der Waals surface area (Å²) in [6.45, 7) is 15.0. The smallest absolute Gasteiger partial charge is 0.367 e. The second kappa shape index (κ2) is 19.0. The molecule has 0 aromatic heterocycles. The number of carbonyl (C=O) groups is 2. The van der Waals surface area contributed by atoms with Gasteiger partial charge in [0, 0.05) is 0 Å². The van der Waals surface area contributed by atoms with Crippen LogP contribution in [0.1, 0.15) is 113 Å². The summed E-state index contributed by atoms with van der Waals surface area (Å²) in [7, 11) is 12.6. The summed E-state index contributed by atoms with van der Waals surface area (Å²) >= 11 is 0. The van der Waals surface area contributed by atoms with Gasteiger partial charge in [-0.05, 0) is 85.8 Å². The third kappa shape index (κ3) is 14.5. The van der Waals surface area contributed by atoms with E-state index < -0.39 is 0 Å². The van der Waals surface area contributed by atoms with Gasteiger partial charge >= 0.3 is 11.9 Å². The maximum absolute atomic E-state index is 13.0. The second-order valence-corrected chi connectivity index (χ2v) is 16.8. The molecule has 2 N–H and O–H groups in total. The van der Waals surface area contributed by atoms with Crippen molar-refractivity contribution >= 4 is 11.9 Å². The molecule has 0 saturated heterocycles. The Labute approximate surface area is 299 Å². The molecule has 2 aromatic rings. The molecule has 1 atom stereocenters. The van der Waals surface area contributed by atoms with Crippen molar-refractivity contribution in [1.29, 1.82) is 0 Å². The Bertz CT molecular complexity index is 1350. The molecule has 0 amide bonds.